The second-order valence-electron chi connectivity index (χ2n) is 5.80. The minimum atomic E-state index is -0.404. The van der Waals surface area contributed by atoms with Crippen LogP contribution in [0, 0.1) is 0 Å². The van der Waals surface area contributed by atoms with Gasteiger partial charge < -0.3 is 10.1 Å². The van der Waals surface area contributed by atoms with Gasteiger partial charge in [-0.05, 0) is 37.8 Å². The van der Waals surface area contributed by atoms with Gasteiger partial charge in [0.1, 0.15) is 10.7 Å². The van der Waals surface area contributed by atoms with Crippen LogP contribution in [-0.2, 0) is 11.3 Å². The van der Waals surface area contributed by atoms with Crippen LogP contribution < -0.4 is 5.32 Å². The fourth-order valence-electron chi connectivity index (χ4n) is 2.67. The maximum Gasteiger partial charge on any atom is 0.341 e. The molecule has 6 heteroatoms. The summed E-state index contributed by atoms with van der Waals surface area (Å²) in [6.07, 6.45) is 7.08. The van der Waals surface area contributed by atoms with Gasteiger partial charge in [0, 0.05) is 18.3 Å². The number of rotatable bonds is 4. The summed E-state index contributed by atoms with van der Waals surface area (Å²) in [5.41, 5.74) is 2.14. The Labute approximate surface area is 128 Å². The fourth-order valence-corrected chi connectivity index (χ4v) is 2.85. The van der Waals surface area contributed by atoms with E-state index in [-0.39, 0.29) is 5.54 Å². The van der Waals surface area contributed by atoms with E-state index in [2.05, 4.69) is 17.2 Å². The molecule has 112 valence electrons. The van der Waals surface area contributed by atoms with Gasteiger partial charge in [-0.15, -0.1) is 0 Å². The van der Waals surface area contributed by atoms with Crippen LogP contribution in [0.2, 0.25) is 5.15 Å². The molecule has 0 unspecified atom stereocenters. The average Bonchev–Trinajstić information content (AvgIpc) is 2.83. The number of fused-ring (bicyclic) bond motifs is 1. The number of methoxy groups -OCH3 is 1. The Bertz CT molecular complexity index is 692. The zero-order chi connectivity index (χ0) is 15.0. The molecule has 2 aromatic heterocycles. The molecule has 0 aliphatic heterocycles. The van der Waals surface area contributed by atoms with Gasteiger partial charge in [0.05, 0.1) is 13.3 Å². The third-order valence-electron chi connectivity index (χ3n) is 4.20. The molecule has 0 atom stereocenters. The van der Waals surface area contributed by atoms with Crippen molar-refractivity contribution in [1.82, 2.24) is 14.7 Å². The number of carbonyl (C=O) groups is 1. The number of hydrogen-bond donors (Lipinski definition) is 1. The number of ether oxygens (including phenoxy) is 1. The summed E-state index contributed by atoms with van der Waals surface area (Å²) in [4.78, 5) is 16.1. The first-order valence-electron chi connectivity index (χ1n) is 7.01. The number of nitrogens with zero attached hydrogens (tertiary/aromatic N) is 2. The number of carbonyl (C=O) groups excluding carboxylic acids is 1. The maximum atomic E-state index is 11.9. The number of aromatic nitrogens is 2. The van der Waals surface area contributed by atoms with Crippen molar-refractivity contribution in [3.63, 3.8) is 0 Å². The minimum Gasteiger partial charge on any atom is -0.465 e. The molecule has 1 aliphatic carbocycles. The lowest BCUT2D eigenvalue weighted by Crippen LogP contribution is -2.47. The Kier molecular flexibility index (Phi) is 3.63. The number of imidazole rings is 1. The molecule has 0 radical (unpaired) electrons. The number of pyridine rings is 1. The van der Waals surface area contributed by atoms with Crippen molar-refractivity contribution < 1.29 is 9.53 Å². The van der Waals surface area contributed by atoms with Crippen LogP contribution in [0.4, 0.5) is 0 Å². The summed E-state index contributed by atoms with van der Waals surface area (Å²) < 4.78 is 6.55. The SMILES string of the molecule is COC(=O)c1cc(CNC2(C)CCC2)cn2c(Cl)cnc12. The molecule has 1 fully saturated rings. The first-order chi connectivity index (χ1) is 10.0. The first kappa shape index (κ1) is 14.4. The summed E-state index contributed by atoms with van der Waals surface area (Å²) in [7, 11) is 1.36. The molecule has 0 aromatic carbocycles. The Morgan fingerprint density at radius 1 is 1.57 bits per heavy atom. The van der Waals surface area contributed by atoms with E-state index in [4.69, 9.17) is 16.3 Å². The predicted octanol–water partition coefficient (Wildman–Crippen LogP) is 2.81. The summed E-state index contributed by atoms with van der Waals surface area (Å²) in [5.74, 6) is -0.404. The highest BCUT2D eigenvalue weighted by Crippen LogP contribution is 2.31. The number of nitrogens with one attached hydrogen (secondary N) is 1. The zero-order valence-electron chi connectivity index (χ0n) is 12.1. The van der Waals surface area contributed by atoms with E-state index in [9.17, 15) is 4.79 Å². The van der Waals surface area contributed by atoms with Crippen molar-refractivity contribution in [3.8, 4) is 0 Å². The Balaban J connectivity index is 1.94. The van der Waals surface area contributed by atoms with Gasteiger partial charge in [-0.25, -0.2) is 9.78 Å². The molecule has 2 heterocycles. The Hall–Kier alpha value is -1.59. The van der Waals surface area contributed by atoms with E-state index in [0.717, 1.165) is 5.56 Å². The van der Waals surface area contributed by atoms with E-state index in [1.54, 1.807) is 4.40 Å². The van der Waals surface area contributed by atoms with E-state index < -0.39 is 5.97 Å². The van der Waals surface area contributed by atoms with Gasteiger partial charge in [-0.3, -0.25) is 4.40 Å². The quantitative estimate of drug-likeness (QED) is 0.883. The summed E-state index contributed by atoms with van der Waals surface area (Å²) in [6.45, 7) is 2.91. The highest BCUT2D eigenvalue weighted by Gasteiger charge is 2.30. The lowest BCUT2D eigenvalue weighted by atomic mass is 9.78. The van der Waals surface area contributed by atoms with Crippen LogP contribution in [0.5, 0.6) is 0 Å². The van der Waals surface area contributed by atoms with Gasteiger partial charge >= 0.3 is 5.97 Å². The van der Waals surface area contributed by atoms with Crippen LogP contribution in [0.15, 0.2) is 18.5 Å². The molecule has 0 bridgehead atoms. The van der Waals surface area contributed by atoms with Crippen LogP contribution in [0.3, 0.4) is 0 Å². The third-order valence-corrected chi connectivity index (χ3v) is 4.48. The second kappa shape index (κ2) is 5.31. The topological polar surface area (TPSA) is 55.6 Å². The molecule has 3 rings (SSSR count). The van der Waals surface area contributed by atoms with Crippen LogP contribution in [-0.4, -0.2) is 28.0 Å². The molecule has 1 N–H and O–H groups in total. The van der Waals surface area contributed by atoms with Crippen molar-refractivity contribution in [1.29, 1.82) is 0 Å². The molecular formula is C15H18ClN3O2. The van der Waals surface area contributed by atoms with Crippen molar-refractivity contribution in [2.24, 2.45) is 0 Å². The molecule has 1 saturated carbocycles. The number of esters is 1. The van der Waals surface area contributed by atoms with Crippen LogP contribution in [0.25, 0.3) is 5.65 Å². The summed E-state index contributed by atoms with van der Waals surface area (Å²) in [6, 6.07) is 1.82. The predicted molar refractivity (Wildman–Crippen MR) is 80.6 cm³/mol. The van der Waals surface area contributed by atoms with Crippen molar-refractivity contribution >= 4 is 23.2 Å². The molecule has 0 spiro atoms. The number of halogens is 1. The highest BCUT2D eigenvalue weighted by atomic mass is 35.5. The molecule has 2 aromatic rings. The van der Waals surface area contributed by atoms with Gasteiger partial charge in [-0.2, -0.15) is 0 Å². The molecule has 0 saturated heterocycles. The van der Waals surface area contributed by atoms with Crippen molar-refractivity contribution in [3.05, 3.63) is 34.7 Å². The molecule has 1 aliphatic rings. The Morgan fingerprint density at radius 2 is 2.33 bits per heavy atom. The minimum absolute atomic E-state index is 0.207. The van der Waals surface area contributed by atoms with Crippen LogP contribution >= 0.6 is 11.6 Å². The van der Waals surface area contributed by atoms with Crippen molar-refractivity contribution in [2.75, 3.05) is 7.11 Å². The van der Waals surface area contributed by atoms with Gasteiger partial charge in [0.15, 0.2) is 5.65 Å². The normalized spacial score (nSPS) is 16.7. The standard InChI is InChI=1S/C15H18ClN3O2/c1-15(4-3-5-15)18-7-10-6-11(14(20)21-2)13-17-8-12(16)19(13)9-10/h6,8-9,18H,3-5,7H2,1-2H3. The zero-order valence-corrected chi connectivity index (χ0v) is 12.9. The molecule has 21 heavy (non-hydrogen) atoms. The van der Waals surface area contributed by atoms with Gasteiger partial charge in [-0.1, -0.05) is 11.6 Å². The van der Waals surface area contributed by atoms with E-state index in [0.29, 0.717) is 22.9 Å². The van der Waals surface area contributed by atoms with E-state index >= 15 is 0 Å². The highest BCUT2D eigenvalue weighted by molar-refractivity contribution is 6.29. The summed E-state index contributed by atoms with van der Waals surface area (Å²) >= 11 is 6.12. The molecule has 0 amide bonds. The first-order valence-corrected chi connectivity index (χ1v) is 7.39. The fraction of sp³-hybridized carbons (Fsp3) is 0.467. The monoisotopic (exact) mass is 307 g/mol. The lowest BCUT2D eigenvalue weighted by Gasteiger charge is -2.39. The van der Waals surface area contributed by atoms with E-state index in [1.165, 1.54) is 32.6 Å². The van der Waals surface area contributed by atoms with Gasteiger partial charge in [0.2, 0.25) is 0 Å². The smallest absolute Gasteiger partial charge is 0.341 e. The average molecular weight is 308 g/mol. The lowest BCUT2D eigenvalue weighted by molar-refractivity contribution is 0.0602. The van der Waals surface area contributed by atoms with E-state index in [1.807, 2.05) is 12.3 Å². The van der Waals surface area contributed by atoms with Crippen LogP contribution in [0.1, 0.15) is 42.1 Å². The summed E-state index contributed by atoms with van der Waals surface area (Å²) in [5, 5.41) is 4.02. The maximum absolute atomic E-state index is 11.9. The molecular weight excluding hydrogens is 290 g/mol. The largest absolute Gasteiger partial charge is 0.465 e. The number of hydrogen-bond acceptors (Lipinski definition) is 4. The second-order valence-corrected chi connectivity index (χ2v) is 6.18. The Morgan fingerprint density at radius 3 is 2.95 bits per heavy atom. The van der Waals surface area contributed by atoms with Crippen molar-refractivity contribution in [2.45, 2.75) is 38.3 Å². The van der Waals surface area contributed by atoms with Gasteiger partial charge in [0.25, 0.3) is 0 Å². The molecule has 5 nitrogen and oxygen atoms in total. The third kappa shape index (κ3) is 2.63.